The zero-order chi connectivity index (χ0) is 7.68. The van der Waals surface area contributed by atoms with Gasteiger partial charge in [-0.1, -0.05) is 30.4 Å². The van der Waals surface area contributed by atoms with Crippen LogP contribution in [0.5, 0.6) is 0 Å². The first-order chi connectivity index (χ1) is 5.36. The van der Waals surface area contributed by atoms with Gasteiger partial charge in [-0.2, -0.15) is 0 Å². The van der Waals surface area contributed by atoms with Crippen molar-refractivity contribution in [1.29, 1.82) is 0 Å². The lowest BCUT2D eigenvalue weighted by atomic mass is 10.0. The van der Waals surface area contributed by atoms with Crippen LogP contribution in [-0.2, 0) is 6.42 Å². The first-order valence-electron chi connectivity index (χ1n) is 3.49. The molecule has 2 radical (unpaired) electrons. The van der Waals surface area contributed by atoms with E-state index in [0.29, 0.717) is 0 Å². The van der Waals surface area contributed by atoms with Crippen LogP contribution in [0.25, 0.3) is 0 Å². The maximum atomic E-state index is 5.01. The van der Waals surface area contributed by atoms with Gasteiger partial charge in [0.15, 0.2) is 0 Å². The monoisotopic (exact) mass is 161 g/mol. The topological polar surface area (TPSA) is 12.0 Å². The molecule has 0 unspecified atom stereocenters. The summed E-state index contributed by atoms with van der Waals surface area (Å²) >= 11 is 5.01. The molecule has 1 aliphatic heterocycles. The van der Waals surface area contributed by atoms with Crippen molar-refractivity contribution in [2.45, 2.75) is 6.42 Å². The molecule has 0 saturated carbocycles. The number of para-hydroxylation sites is 1. The SMILES string of the molecule is S=C1[C]Nc2ccccc2C1. The molecule has 0 aliphatic carbocycles. The lowest BCUT2D eigenvalue weighted by molar-refractivity contribution is 1.28. The maximum absolute atomic E-state index is 5.01. The molecule has 0 aromatic heterocycles. The van der Waals surface area contributed by atoms with Gasteiger partial charge in [0.05, 0.1) is 0 Å². The first kappa shape index (κ1) is 6.80. The van der Waals surface area contributed by atoms with E-state index < -0.39 is 0 Å². The molecule has 1 N–H and O–H groups in total. The van der Waals surface area contributed by atoms with Crippen molar-refractivity contribution in [2.24, 2.45) is 0 Å². The normalized spacial score (nSPS) is 15.5. The molecule has 2 heteroatoms. The zero-order valence-electron chi connectivity index (χ0n) is 5.92. The summed E-state index contributed by atoms with van der Waals surface area (Å²) in [6, 6.07) is 8.13. The summed E-state index contributed by atoms with van der Waals surface area (Å²) in [5, 5.41) is 3.02. The van der Waals surface area contributed by atoms with E-state index in [2.05, 4.69) is 17.9 Å². The Morgan fingerprint density at radius 3 is 3.09 bits per heavy atom. The van der Waals surface area contributed by atoms with E-state index in [9.17, 15) is 0 Å². The van der Waals surface area contributed by atoms with Crippen LogP contribution in [0, 0.1) is 6.54 Å². The van der Waals surface area contributed by atoms with Gasteiger partial charge in [-0.25, -0.2) is 0 Å². The van der Waals surface area contributed by atoms with Crippen molar-refractivity contribution in [2.75, 3.05) is 5.32 Å². The second-order valence-electron chi connectivity index (χ2n) is 2.51. The molecule has 1 aliphatic rings. The summed E-state index contributed by atoms with van der Waals surface area (Å²) in [7, 11) is 0. The molecule has 54 valence electrons. The Labute approximate surface area is 71.4 Å². The summed E-state index contributed by atoms with van der Waals surface area (Å²) < 4.78 is 0. The van der Waals surface area contributed by atoms with E-state index in [4.69, 9.17) is 12.2 Å². The second kappa shape index (κ2) is 2.62. The Kier molecular flexibility index (Phi) is 1.62. The van der Waals surface area contributed by atoms with Crippen molar-refractivity contribution in [1.82, 2.24) is 0 Å². The Bertz CT molecular complexity index is 293. The molecule has 1 heterocycles. The third-order valence-electron chi connectivity index (χ3n) is 1.70. The number of hydrogen-bond donors (Lipinski definition) is 1. The van der Waals surface area contributed by atoms with Crippen LogP contribution in [0.4, 0.5) is 5.69 Å². The molecule has 0 atom stereocenters. The van der Waals surface area contributed by atoms with Crippen LogP contribution in [0.2, 0.25) is 0 Å². The van der Waals surface area contributed by atoms with E-state index in [-0.39, 0.29) is 0 Å². The van der Waals surface area contributed by atoms with E-state index in [1.165, 1.54) is 5.56 Å². The molecule has 0 amide bonds. The maximum Gasteiger partial charge on any atom is 0.131 e. The zero-order valence-corrected chi connectivity index (χ0v) is 6.74. The second-order valence-corrected chi connectivity index (χ2v) is 3.00. The minimum absolute atomic E-state index is 0.846. The van der Waals surface area contributed by atoms with Gasteiger partial charge in [-0.15, -0.1) is 0 Å². The Hall–Kier alpha value is -0.890. The summed E-state index contributed by atoms with van der Waals surface area (Å²) in [4.78, 5) is 0.851. The van der Waals surface area contributed by atoms with Crippen molar-refractivity contribution in [3.63, 3.8) is 0 Å². The summed E-state index contributed by atoms with van der Waals surface area (Å²) in [6.07, 6.45) is 0.846. The van der Waals surface area contributed by atoms with Gasteiger partial charge in [0.25, 0.3) is 0 Å². The van der Waals surface area contributed by atoms with E-state index in [1.807, 2.05) is 18.2 Å². The average molecular weight is 161 g/mol. The van der Waals surface area contributed by atoms with Crippen LogP contribution >= 0.6 is 12.2 Å². The van der Waals surface area contributed by atoms with Crippen LogP contribution in [-0.4, -0.2) is 4.86 Å². The molecule has 1 nitrogen and oxygen atoms in total. The average Bonchev–Trinajstić information content (AvgIpc) is 2.04. The highest BCUT2D eigenvalue weighted by Gasteiger charge is 2.11. The van der Waals surface area contributed by atoms with Crippen molar-refractivity contribution >= 4 is 22.8 Å². The molecule has 0 bridgehead atoms. The predicted molar refractivity (Wildman–Crippen MR) is 49.6 cm³/mol. The number of rotatable bonds is 0. The minimum Gasteiger partial charge on any atom is -0.370 e. The fourth-order valence-electron chi connectivity index (χ4n) is 1.15. The molecule has 2 rings (SSSR count). The van der Waals surface area contributed by atoms with E-state index >= 15 is 0 Å². The summed E-state index contributed by atoms with van der Waals surface area (Å²) in [6.45, 7) is 2.92. The fraction of sp³-hybridized carbons (Fsp3) is 0.111. The highest BCUT2D eigenvalue weighted by Crippen LogP contribution is 2.21. The van der Waals surface area contributed by atoms with Gasteiger partial charge >= 0.3 is 0 Å². The number of nitrogens with one attached hydrogen (secondary N) is 1. The highest BCUT2D eigenvalue weighted by molar-refractivity contribution is 7.80. The third-order valence-corrected chi connectivity index (χ3v) is 1.95. The molecule has 0 fully saturated rings. The molecule has 11 heavy (non-hydrogen) atoms. The van der Waals surface area contributed by atoms with Gasteiger partial charge in [0.2, 0.25) is 0 Å². The van der Waals surface area contributed by atoms with Gasteiger partial charge in [0, 0.05) is 17.0 Å². The van der Waals surface area contributed by atoms with Crippen LogP contribution < -0.4 is 5.32 Å². The molecule has 1 aromatic carbocycles. The molecule has 0 saturated heterocycles. The van der Waals surface area contributed by atoms with Gasteiger partial charge in [0.1, 0.15) is 6.54 Å². The molecule has 1 aromatic rings. The summed E-state index contributed by atoms with van der Waals surface area (Å²) in [5.74, 6) is 0. The standard InChI is InChI=1S/C9H7NS/c11-8-5-7-3-1-2-4-9(7)10-6-8/h1-4,10H,5H2. The predicted octanol–water partition coefficient (Wildman–Crippen LogP) is 2.06. The van der Waals surface area contributed by atoms with Gasteiger partial charge in [-0.05, 0) is 11.6 Å². The number of benzene rings is 1. The number of thiocarbonyl (C=S) groups is 1. The number of hydrogen-bond acceptors (Lipinski definition) is 2. The third kappa shape index (κ3) is 1.26. The smallest absolute Gasteiger partial charge is 0.131 e. The van der Waals surface area contributed by atoms with Crippen LogP contribution in [0.15, 0.2) is 24.3 Å². The molecular formula is C9H7NS. The molecular weight excluding hydrogens is 154 g/mol. The lowest BCUT2D eigenvalue weighted by Gasteiger charge is -2.16. The minimum atomic E-state index is 0.846. The van der Waals surface area contributed by atoms with Gasteiger partial charge < -0.3 is 5.32 Å². The fourth-order valence-corrected chi connectivity index (χ4v) is 1.36. The van der Waals surface area contributed by atoms with Crippen LogP contribution in [0.1, 0.15) is 5.56 Å². The highest BCUT2D eigenvalue weighted by atomic mass is 32.1. The summed E-state index contributed by atoms with van der Waals surface area (Å²) in [5.41, 5.74) is 2.39. The van der Waals surface area contributed by atoms with E-state index in [0.717, 1.165) is 17.0 Å². The van der Waals surface area contributed by atoms with Crippen molar-refractivity contribution < 1.29 is 0 Å². The Morgan fingerprint density at radius 1 is 1.36 bits per heavy atom. The quantitative estimate of drug-likeness (QED) is 0.584. The van der Waals surface area contributed by atoms with Gasteiger partial charge in [-0.3, -0.25) is 0 Å². The van der Waals surface area contributed by atoms with Crippen molar-refractivity contribution in [3.8, 4) is 0 Å². The number of anilines is 1. The largest absolute Gasteiger partial charge is 0.370 e. The first-order valence-corrected chi connectivity index (χ1v) is 3.90. The van der Waals surface area contributed by atoms with Crippen LogP contribution in [0.3, 0.4) is 0 Å². The molecule has 0 spiro atoms. The Morgan fingerprint density at radius 2 is 2.18 bits per heavy atom. The lowest BCUT2D eigenvalue weighted by Crippen LogP contribution is -2.15. The Balaban J connectivity index is 2.41. The van der Waals surface area contributed by atoms with E-state index in [1.54, 1.807) is 0 Å². The van der Waals surface area contributed by atoms with Crippen molar-refractivity contribution in [3.05, 3.63) is 36.4 Å². The number of fused-ring (bicyclic) bond motifs is 1.